The number of halogens is 3. The minimum Gasteiger partial charge on any atom is -0.433 e. The number of aliphatic hydroxyl groups excluding tert-OH is 1. The summed E-state index contributed by atoms with van der Waals surface area (Å²) in [5.74, 6) is -1.04. The van der Waals surface area contributed by atoms with Crippen molar-refractivity contribution in [3.05, 3.63) is 24.0 Å². The van der Waals surface area contributed by atoms with E-state index in [4.69, 9.17) is 5.11 Å². The summed E-state index contributed by atoms with van der Waals surface area (Å²) in [5, 5.41) is 13.9. The van der Waals surface area contributed by atoms with Crippen LogP contribution in [0.3, 0.4) is 0 Å². The number of ether oxygens (including phenoxy) is 1. The molecule has 1 aromatic rings. The summed E-state index contributed by atoms with van der Waals surface area (Å²) in [6.45, 7) is 0.336. The van der Waals surface area contributed by atoms with Gasteiger partial charge < -0.3 is 20.5 Å². The molecular weight excluding hydrogens is 301 g/mol. The van der Waals surface area contributed by atoms with Gasteiger partial charge in [0.2, 0.25) is 0 Å². The largest absolute Gasteiger partial charge is 0.433 e. The quantitative estimate of drug-likeness (QED) is 0.723. The van der Waals surface area contributed by atoms with Crippen LogP contribution in [0.1, 0.15) is 26.7 Å². The fraction of sp³-hybridized carbons (Fsp3) is 0.500. The molecule has 5 nitrogen and oxygen atoms in total. The first-order chi connectivity index (χ1) is 10.3. The lowest BCUT2D eigenvalue weighted by Gasteiger charge is -2.29. The zero-order valence-corrected chi connectivity index (χ0v) is 12.3. The van der Waals surface area contributed by atoms with Gasteiger partial charge in [-0.15, -0.1) is 0 Å². The molecule has 2 amide bonds. The average Bonchev–Trinajstić information content (AvgIpc) is 2.41. The van der Waals surface area contributed by atoms with Gasteiger partial charge in [-0.25, -0.2) is 9.18 Å². The first-order valence-electron chi connectivity index (χ1n) is 6.74. The Labute approximate surface area is 126 Å². The molecule has 8 heteroatoms. The van der Waals surface area contributed by atoms with E-state index in [1.165, 1.54) is 0 Å². The van der Waals surface area contributed by atoms with Gasteiger partial charge in [-0.2, -0.15) is 8.78 Å². The maximum Gasteiger partial charge on any atom is 0.387 e. The fourth-order valence-electron chi connectivity index (χ4n) is 1.80. The van der Waals surface area contributed by atoms with Crippen molar-refractivity contribution in [2.45, 2.75) is 38.8 Å². The Hall–Kier alpha value is -1.96. The lowest BCUT2D eigenvalue weighted by Crippen LogP contribution is -2.48. The number of carbonyl (C=O) groups excluding carboxylic acids is 1. The third-order valence-corrected chi connectivity index (χ3v) is 3.27. The predicted molar refractivity (Wildman–Crippen MR) is 75.6 cm³/mol. The van der Waals surface area contributed by atoms with Gasteiger partial charge >= 0.3 is 12.6 Å². The monoisotopic (exact) mass is 320 g/mol. The molecule has 0 bridgehead atoms. The second-order valence-electron chi connectivity index (χ2n) is 4.99. The molecule has 0 aromatic heterocycles. The van der Waals surface area contributed by atoms with Crippen LogP contribution >= 0.6 is 0 Å². The number of hydrogen-bond acceptors (Lipinski definition) is 3. The molecule has 0 radical (unpaired) electrons. The zero-order valence-electron chi connectivity index (χ0n) is 12.3. The highest BCUT2D eigenvalue weighted by atomic mass is 19.3. The van der Waals surface area contributed by atoms with Crippen molar-refractivity contribution in [1.82, 2.24) is 5.32 Å². The summed E-state index contributed by atoms with van der Waals surface area (Å²) in [4.78, 5) is 11.9. The van der Waals surface area contributed by atoms with Crippen molar-refractivity contribution in [1.29, 1.82) is 0 Å². The number of anilines is 1. The SMILES string of the molecule is CCC(C)(CCO)NC(=O)Nc1cc(F)ccc1OC(F)F. The van der Waals surface area contributed by atoms with Crippen molar-refractivity contribution in [3.8, 4) is 5.75 Å². The zero-order chi connectivity index (χ0) is 16.8. The molecule has 0 aliphatic carbocycles. The molecule has 0 saturated heterocycles. The first kappa shape index (κ1) is 18.1. The van der Waals surface area contributed by atoms with Gasteiger partial charge in [-0.3, -0.25) is 0 Å². The molecule has 1 unspecified atom stereocenters. The molecule has 0 aliphatic heterocycles. The van der Waals surface area contributed by atoms with Gasteiger partial charge in [0, 0.05) is 18.2 Å². The molecule has 0 aliphatic rings. The Bertz CT molecular complexity index is 514. The summed E-state index contributed by atoms with van der Waals surface area (Å²) >= 11 is 0. The molecule has 0 heterocycles. The lowest BCUT2D eigenvalue weighted by atomic mass is 9.95. The smallest absolute Gasteiger partial charge is 0.387 e. The summed E-state index contributed by atoms with van der Waals surface area (Å²) in [5.41, 5.74) is -0.879. The number of nitrogens with one attached hydrogen (secondary N) is 2. The molecule has 22 heavy (non-hydrogen) atoms. The Morgan fingerprint density at radius 2 is 2.14 bits per heavy atom. The number of rotatable bonds is 7. The minimum atomic E-state index is -3.09. The van der Waals surface area contributed by atoms with Gasteiger partial charge in [0.25, 0.3) is 0 Å². The van der Waals surface area contributed by atoms with E-state index in [0.717, 1.165) is 18.2 Å². The van der Waals surface area contributed by atoms with Gasteiger partial charge in [0.05, 0.1) is 5.69 Å². The summed E-state index contributed by atoms with van der Waals surface area (Å²) in [6.07, 6.45) is 0.866. The van der Waals surface area contributed by atoms with Crippen LogP contribution in [-0.2, 0) is 0 Å². The normalized spacial score (nSPS) is 13.6. The van der Waals surface area contributed by atoms with Crippen molar-refractivity contribution < 1.29 is 27.8 Å². The van der Waals surface area contributed by atoms with Gasteiger partial charge in [0.15, 0.2) is 0 Å². The van der Waals surface area contributed by atoms with Crippen LogP contribution < -0.4 is 15.4 Å². The van der Waals surface area contributed by atoms with Crippen molar-refractivity contribution >= 4 is 11.7 Å². The number of hydrogen-bond donors (Lipinski definition) is 3. The van der Waals surface area contributed by atoms with Gasteiger partial charge in [-0.1, -0.05) is 6.92 Å². The number of aliphatic hydroxyl groups is 1. The van der Waals surface area contributed by atoms with E-state index < -0.39 is 24.0 Å². The Morgan fingerprint density at radius 1 is 1.45 bits per heavy atom. The van der Waals surface area contributed by atoms with E-state index in [9.17, 15) is 18.0 Å². The summed E-state index contributed by atoms with van der Waals surface area (Å²) in [7, 11) is 0. The minimum absolute atomic E-state index is 0.121. The third-order valence-electron chi connectivity index (χ3n) is 3.27. The molecule has 1 atom stereocenters. The van der Waals surface area contributed by atoms with E-state index >= 15 is 0 Å². The fourth-order valence-corrected chi connectivity index (χ4v) is 1.80. The van der Waals surface area contributed by atoms with E-state index in [1.807, 2.05) is 6.92 Å². The van der Waals surface area contributed by atoms with E-state index in [-0.39, 0.29) is 18.0 Å². The molecule has 0 fully saturated rings. The highest BCUT2D eigenvalue weighted by Gasteiger charge is 2.24. The number of amides is 2. The van der Waals surface area contributed by atoms with Crippen LogP contribution in [-0.4, -0.2) is 29.9 Å². The molecule has 1 aromatic carbocycles. The Kier molecular flexibility index (Phi) is 6.48. The van der Waals surface area contributed by atoms with Crippen molar-refractivity contribution in [3.63, 3.8) is 0 Å². The molecule has 0 spiro atoms. The number of urea groups is 1. The topological polar surface area (TPSA) is 70.6 Å². The maximum absolute atomic E-state index is 13.2. The summed E-state index contributed by atoms with van der Waals surface area (Å²) < 4.78 is 42.0. The van der Waals surface area contributed by atoms with Crippen molar-refractivity contribution in [2.24, 2.45) is 0 Å². The second-order valence-corrected chi connectivity index (χ2v) is 4.99. The van der Waals surface area contributed by atoms with Gasteiger partial charge in [0.1, 0.15) is 11.6 Å². The molecule has 1 rings (SSSR count). The average molecular weight is 320 g/mol. The highest BCUT2D eigenvalue weighted by molar-refractivity contribution is 5.91. The molecule has 3 N–H and O–H groups in total. The number of benzene rings is 1. The van der Waals surface area contributed by atoms with Gasteiger partial charge in [-0.05, 0) is 31.9 Å². The van der Waals surface area contributed by atoms with Crippen LogP contribution in [0.5, 0.6) is 5.75 Å². The lowest BCUT2D eigenvalue weighted by molar-refractivity contribution is -0.0494. The molecular formula is C14H19F3N2O3. The van der Waals surface area contributed by atoms with Crippen molar-refractivity contribution in [2.75, 3.05) is 11.9 Å². The van der Waals surface area contributed by atoms with E-state index in [1.54, 1.807) is 6.92 Å². The second kappa shape index (κ2) is 7.88. The van der Waals surface area contributed by atoms with Crippen LogP contribution in [0.25, 0.3) is 0 Å². The molecule has 124 valence electrons. The van der Waals surface area contributed by atoms with E-state index in [2.05, 4.69) is 15.4 Å². The Balaban J connectivity index is 2.85. The third kappa shape index (κ3) is 5.44. The standard InChI is InChI=1S/C14H19F3N2O3/c1-3-14(2,6-7-20)19-13(21)18-10-8-9(15)4-5-11(10)22-12(16)17/h4-5,8,12,20H,3,6-7H2,1-2H3,(H2,18,19,21). The Morgan fingerprint density at radius 3 is 2.68 bits per heavy atom. The maximum atomic E-state index is 13.2. The summed E-state index contributed by atoms with van der Waals surface area (Å²) in [6, 6.07) is 2.13. The number of carbonyl (C=O) groups is 1. The predicted octanol–water partition coefficient (Wildman–Crippen LogP) is 3.10. The van der Waals surface area contributed by atoms with Crippen LogP contribution in [0.4, 0.5) is 23.7 Å². The number of alkyl halides is 2. The van der Waals surface area contributed by atoms with Crippen LogP contribution in [0.2, 0.25) is 0 Å². The van der Waals surface area contributed by atoms with Crippen LogP contribution in [0.15, 0.2) is 18.2 Å². The van der Waals surface area contributed by atoms with Crippen LogP contribution in [0, 0.1) is 5.82 Å². The van der Waals surface area contributed by atoms with E-state index in [0.29, 0.717) is 12.8 Å². The highest BCUT2D eigenvalue weighted by Crippen LogP contribution is 2.27. The molecule has 0 saturated carbocycles. The first-order valence-corrected chi connectivity index (χ1v) is 6.74.